The number of nitrogens with one attached hydrogen (secondary N) is 1. The van der Waals surface area contributed by atoms with Gasteiger partial charge in [0.05, 0.1) is 4.92 Å². The number of nitro groups is 1. The zero-order valence-electron chi connectivity index (χ0n) is 11.8. The molecule has 7 nitrogen and oxygen atoms in total. The van der Waals surface area contributed by atoms with Crippen molar-refractivity contribution in [3.8, 4) is 5.75 Å². The van der Waals surface area contributed by atoms with Gasteiger partial charge in [0.15, 0.2) is 6.61 Å². The summed E-state index contributed by atoms with van der Waals surface area (Å²) >= 11 is 0. The summed E-state index contributed by atoms with van der Waals surface area (Å²) in [6, 6.07) is 3.21. The van der Waals surface area contributed by atoms with Gasteiger partial charge in [-0.2, -0.15) is 4.39 Å². The van der Waals surface area contributed by atoms with Crippen molar-refractivity contribution in [3.05, 3.63) is 34.1 Å². The van der Waals surface area contributed by atoms with E-state index in [0.717, 1.165) is 31.6 Å². The molecular weight excluding hydrogens is 317 g/mol. The number of carbonyl (C=O) groups excluding carboxylic acids is 1. The first-order valence-electron chi connectivity index (χ1n) is 6.63. The van der Waals surface area contributed by atoms with E-state index in [0.29, 0.717) is 13.1 Å². The lowest BCUT2D eigenvalue weighted by molar-refractivity contribution is -0.387. The molecule has 1 saturated heterocycles. The lowest BCUT2D eigenvalue weighted by Crippen LogP contribution is -2.37. The summed E-state index contributed by atoms with van der Waals surface area (Å²) in [5.74, 6) is -1.07. The molecule has 1 N–H and O–H groups in total. The van der Waals surface area contributed by atoms with Gasteiger partial charge >= 0.3 is 5.69 Å². The fraction of sp³-hybridized carbons (Fsp3) is 0.462. The van der Waals surface area contributed by atoms with E-state index in [9.17, 15) is 19.3 Å². The Morgan fingerprint density at radius 2 is 2.18 bits per heavy atom. The molecule has 1 aliphatic heterocycles. The zero-order valence-corrected chi connectivity index (χ0v) is 12.6. The number of halogens is 2. The molecule has 22 heavy (non-hydrogen) atoms. The van der Waals surface area contributed by atoms with Crippen LogP contribution in [-0.2, 0) is 4.79 Å². The zero-order chi connectivity index (χ0) is 15.2. The molecule has 0 bridgehead atoms. The number of carbonyl (C=O) groups is 1. The Bertz CT molecular complexity index is 536. The normalized spacial score (nSPS) is 14.7. The van der Waals surface area contributed by atoms with Crippen LogP contribution in [-0.4, -0.2) is 48.5 Å². The molecular formula is C13H17ClFN3O4. The van der Waals surface area contributed by atoms with Crippen molar-refractivity contribution in [2.24, 2.45) is 0 Å². The molecule has 1 fully saturated rings. The Kier molecular flexibility index (Phi) is 7.00. The molecule has 0 aliphatic carbocycles. The first-order chi connectivity index (χ1) is 10.1. The monoisotopic (exact) mass is 333 g/mol. The highest BCUT2D eigenvalue weighted by atomic mass is 35.5. The van der Waals surface area contributed by atoms with Crippen LogP contribution in [0.15, 0.2) is 18.2 Å². The molecule has 0 radical (unpaired) electrons. The summed E-state index contributed by atoms with van der Waals surface area (Å²) < 4.78 is 18.6. The predicted octanol–water partition coefficient (Wildman–Crippen LogP) is 1.36. The van der Waals surface area contributed by atoms with Crippen LogP contribution in [0.3, 0.4) is 0 Å². The van der Waals surface area contributed by atoms with Crippen molar-refractivity contribution in [2.45, 2.75) is 6.42 Å². The topological polar surface area (TPSA) is 84.7 Å². The van der Waals surface area contributed by atoms with Gasteiger partial charge in [-0.05, 0) is 19.0 Å². The van der Waals surface area contributed by atoms with Crippen LogP contribution < -0.4 is 10.1 Å². The Morgan fingerprint density at radius 3 is 2.86 bits per heavy atom. The smallest absolute Gasteiger partial charge is 0.305 e. The number of amides is 1. The van der Waals surface area contributed by atoms with Gasteiger partial charge in [0.2, 0.25) is 5.82 Å². The molecule has 1 heterocycles. The van der Waals surface area contributed by atoms with Crippen LogP contribution in [0.1, 0.15) is 6.42 Å². The van der Waals surface area contributed by atoms with E-state index in [2.05, 4.69) is 5.32 Å². The maximum atomic E-state index is 13.4. The molecule has 1 aromatic carbocycles. The number of ether oxygens (including phenoxy) is 1. The third-order valence-electron chi connectivity index (χ3n) is 3.17. The van der Waals surface area contributed by atoms with Gasteiger partial charge in [0.1, 0.15) is 5.75 Å². The van der Waals surface area contributed by atoms with E-state index in [-0.39, 0.29) is 30.7 Å². The predicted molar refractivity (Wildman–Crippen MR) is 79.9 cm³/mol. The van der Waals surface area contributed by atoms with Crippen molar-refractivity contribution in [1.29, 1.82) is 0 Å². The van der Waals surface area contributed by atoms with Crippen LogP contribution >= 0.6 is 12.4 Å². The third kappa shape index (κ3) is 4.81. The molecule has 0 saturated carbocycles. The number of nitro benzene ring substituents is 1. The van der Waals surface area contributed by atoms with Crippen molar-refractivity contribution in [3.63, 3.8) is 0 Å². The molecule has 0 unspecified atom stereocenters. The quantitative estimate of drug-likeness (QED) is 0.664. The second-order valence-corrected chi connectivity index (χ2v) is 4.64. The van der Waals surface area contributed by atoms with Gasteiger partial charge in [-0.25, -0.2) is 0 Å². The van der Waals surface area contributed by atoms with Gasteiger partial charge < -0.3 is 15.0 Å². The molecule has 1 amide bonds. The standard InChI is InChI=1S/C13H16FN3O4.ClH/c14-11-8-10(2-3-12(11)17(19)20)21-9-13(18)16-6-1-4-15-5-7-16;/h2-3,8,15H,1,4-7,9H2;1H. The van der Waals surface area contributed by atoms with Gasteiger partial charge in [-0.3, -0.25) is 14.9 Å². The molecule has 9 heteroatoms. The van der Waals surface area contributed by atoms with Gasteiger partial charge in [-0.15, -0.1) is 12.4 Å². The van der Waals surface area contributed by atoms with Gasteiger partial charge in [0, 0.05) is 31.8 Å². The maximum absolute atomic E-state index is 13.4. The summed E-state index contributed by atoms with van der Waals surface area (Å²) in [4.78, 5) is 23.3. The van der Waals surface area contributed by atoms with E-state index in [1.807, 2.05) is 0 Å². The van der Waals surface area contributed by atoms with Crippen LogP contribution in [0, 0.1) is 15.9 Å². The van der Waals surface area contributed by atoms with Crippen LogP contribution in [0.5, 0.6) is 5.75 Å². The highest BCUT2D eigenvalue weighted by Gasteiger charge is 2.17. The largest absolute Gasteiger partial charge is 0.484 e. The minimum Gasteiger partial charge on any atom is -0.484 e. The average molecular weight is 334 g/mol. The number of nitrogens with zero attached hydrogens (tertiary/aromatic N) is 2. The average Bonchev–Trinajstić information content (AvgIpc) is 2.73. The van der Waals surface area contributed by atoms with Crippen LogP contribution in [0.4, 0.5) is 10.1 Å². The fourth-order valence-electron chi connectivity index (χ4n) is 2.06. The highest BCUT2D eigenvalue weighted by molar-refractivity contribution is 5.85. The number of hydrogen-bond donors (Lipinski definition) is 1. The molecule has 0 spiro atoms. The third-order valence-corrected chi connectivity index (χ3v) is 3.17. The van der Waals surface area contributed by atoms with E-state index in [1.54, 1.807) is 4.90 Å². The molecule has 1 aromatic rings. The summed E-state index contributed by atoms with van der Waals surface area (Å²) in [5, 5.41) is 13.7. The summed E-state index contributed by atoms with van der Waals surface area (Å²) in [5.41, 5.74) is -0.618. The molecule has 1 aliphatic rings. The minimum absolute atomic E-state index is 0. The van der Waals surface area contributed by atoms with Crippen molar-refractivity contribution in [2.75, 3.05) is 32.8 Å². The second-order valence-electron chi connectivity index (χ2n) is 4.64. The first kappa shape index (κ1) is 18.1. The number of benzene rings is 1. The maximum Gasteiger partial charge on any atom is 0.305 e. The highest BCUT2D eigenvalue weighted by Crippen LogP contribution is 2.22. The van der Waals surface area contributed by atoms with E-state index >= 15 is 0 Å². The molecule has 2 rings (SSSR count). The Labute approximate surface area is 133 Å². The van der Waals surface area contributed by atoms with Crippen molar-refractivity contribution in [1.82, 2.24) is 10.2 Å². The lowest BCUT2D eigenvalue weighted by Gasteiger charge is -2.19. The van der Waals surface area contributed by atoms with Crippen molar-refractivity contribution < 1.29 is 18.8 Å². The number of rotatable bonds is 4. The van der Waals surface area contributed by atoms with Crippen LogP contribution in [0.2, 0.25) is 0 Å². The molecule has 122 valence electrons. The molecule has 0 aromatic heterocycles. The Hall–Kier alpha value is -1.93. The van der Waals surface area contributed by atoms with E-state index in [1.165, 1.54) is 6.07 Å². The Morgan fingerprint density at radius 1 is 1.41 bits per heavy atom. The first-order valence-corrected chi connectivity index (χ1v) is 6.63. The van der Waals surface area contributed by atoms with Crippen molar-refractivity contribution >= 4 is 24.0 Å². The van der Waals surface area contributed by atoms with E-state index in [4.69, 9.17) is 4.74 Å². The summed E-state index contributed by atoms with van der Waals surface area (Å²) in [7, 11) is 0. The van der Waals surface area contributed by atoms with E-state index < -0.39 is 16.4 Å². The lowest BCUT2D eigenvalue weighted by atomic mass is 10.3. The summed E-state index contributed by atoms with van der Waals surface area (Å²) in [6.07, 6.45) is 0.873. The second kappa shape index (κ2) is 8.50. The number of hydrogen-bond acceptors (Lipinski definition) is 5. The van der Waals surface area contributed by atoms with Crippen LogP contribution in [0.25, 0.3) is 0 Å². The SMILES string of the molecule is Cl.O=C(COc1ccc([N+](=O)[O-])c(F)c1)N1CCCNCC1. The van der Waals surface area contributed by atoms with Gasteiger partial charge in [-0.1, -0.05) is 0 Å². The minimum atomic E-state index is -0.982. The molecule has 0 atom stereocenters. The Balaban J connectivity index is 0.00000242. The fourth-order valence-corrected chi connectivity index (χ4v) is 2.06. The van der Waals surface area contributed by atoms with Gasteiger partial charge in [0.25, 0.3) is 5.91 Å². The summed E-state index contributed by atoms with van der Waals surface area (Å²) in [6.45, 7) is 2.66.